The molecule has 1 aliphatic rings. The van der Waals surface area contributed by atoms with Crippen molar-refractivity contribution in [3.63, 3.8) is 0 Å². The van der Waals surface area contributed by atoms with Gasteiger partial charge in [-0.1, -0.05) is 0 Å². The smallest absolute Gasteiger partial charge is 0.407 e. The summed E-state index contributed by atoms with van der Waals surface area (Å²) in [6.07, 6.45) is 2.33. The van der Waals surface area contributed by atoms with Crippen LogP contribution in [-0.4, -0.2) is 72.4 Å². The van der Waals surface area contributed by atoms with Gasteiger partial charge in [0.15, 0.2) is 0 Å². The lowest BCUT2D eigenvalue weighted by Gasteiger charge is -2.21. The van der Waals surface area contributed by atoms with Crippen molar-refractivity contribution in [1.82, 2.24) is 15.5 Å². The average Bonchev–Trinajstić information content (AvgIpc) is 2.91. The Morgan fingerprint density at radius 2 is 2.19 bits per heavy atom. The summed E-state index contributed by atoms with van der Waals surface area (Å²) in [4.78, 5) is 35.7. The van der Waals surface area contributed by atoms with E-state index in [1.165, 1.54) is 23.8 Å². The number of thioether (sulfide) groups is 1. The first kappa shape index (κ1) is 17.4. The molecule has 9 heteroatoms. The van der Waals surface area contributed by atoms with Crippen LogP contribution in [0.4, 0.5) is 9.59 Å². The first-order chi connectivity index (χ1) is 9.97. The number of aliphatic carboxylic acids is 1. The van der Waals surface area contributed by atoms with Crippen molar-refractivity contribution in [2.75, 3.05) is 32.2 Å². The molecule has 0 aliphatic carbocycles. The highest BCUT2D eigenvalue weighted by atomic mass is 32.2. The Morgan fingerprint density at radius 3 is 2.76 bits per heavy atom. The van der Waals surface area contributed by atoms with E-state index in [1.54, 1.807) is 0 Å². The third-order valence-corrected chi connectivity index (χ3v) is 3.83. The third kappa shape index (κ3) is 5.70. The number of carboxylic acids is 1. The normalized spacial score (nSPS) is 19.0. The summed E-state index contributed by atoms with van der Waals surface area (Å²) < 4.78 is 4.50. The molecule has 1 heterocycles. The van der Waals surface area contributed by atoms with Crippen molar-refractivity contribution in [3.05, 3.63) is 0 Å². The molecule has 8 nitrogen and oxygen atoms in total. The van der Waals surface area contributed by atoms with Crippen molar-refractivity contribution < 1.29 is 24.2 Å². The van der Waals surface area contributed by atoms with Crippen molar-refractivity contribution >= 4 is 29.9 Å². The zero-order valence-corrected chi connectivity index (χ0v) is 12.9. The molecule has 3 N–H and O–H groups in total. The Morgan fingerprint density at radius 1 is 1.48 bits per heavy atom. The summed E-state index contributed by atoms with van der Waals surface area (Å²) in [7, 11) is 1.28. The molecule has 0 aromatic heterocycles. The summed E-state index contributed by atoms with van der Waals surface area (Å²) in [5.74, 6) is -0.384. The molecule has 0 bridgehead atoms. The average molecular weight is 319 g/mol. The van der Waals surface area contributed by atoms with Crippen LogP contribution in [0.5, 0.6) is 0 Å². The second kappa shape index (κ2) is 8.60. The molecule has 1 fully saturated rings. The lowest BCUT2D eigenvalue weighted by molar-refractivity contribution is -0.139. The molecular formula is C12H21N3O5S. The molecule has 120 valence electrons. The van der Waals surface area contributed by atoms with Gasteiger partial charge in [0.2, 0.25) is 0 Å². The first-order valence-electron chi connectivity index (χ1n) is 6.59. The molecule has 2 atom stereocenters. The molecule has 0 spiro atoms. The molecule has 1 saturated heterocycles. The van der Waals surface area contributed by atoms with Gasteiger partial charge in [-0.25, -0.2) is 14.4 Å². The van der Waals surface area contributed by atoms with E-state index in [4.69, 9.17) is 5.11 Å². The summed E-state index contributed by atoms with van der Waals surface area (Å²) in [6.45, 7) is 0.811. The number of ether oxygens (including phenoxy) is 1. The minimum Gasteiger partial charge on any atom is -0.480 e. The van der Waals surface area contributed by atoms with Crippen LogP contribution in [0.3, 0.4) is 0 Å². The Balaban J connectivity index is 2.44. The summed E-state index contributed by atoms with van der Waals surface area (Å²) in [5, 5.41) is 14.2. The van der Waals surface area contributed by atoms with Gasteiger partial charge in [0.05, 0.1) is 13.2 Å². The molecule has 1 aliphatic heterocycles. The second-order valence-corrected chi connectivity index (χ2v) is 5.67. The Bertz CT molecular complexity index is 393. The number of methoxy groups -OCH3 is 1. The highest BCUT2D eigenvalue weighted by molar-refractivity contribution is 7.98. The molecule has 1 rings (SSSR count). The number of rotatable bonds is 6. The lowest BCUT2D eigenvalue weighted by atomic mass is 10.2. The monoisotopic (exact) mass is 319 g/mol. The van der Waals surface area contributed by atoms with Crippen LogP contribution in [0.25, 0.3) is 0 Å². The van der Waals surface area contributed by atoms with Gasteiger partial charge in [0.25, 0.3) is 0 Å². The highest BCUT2D eigenvalue weighted by Gasteiger charge is 2.29. The van der Waals surface area contributed by atoms with E-state index in [1.807, 2.05) is 6.26 Å². The molecule has 1 unspecified atom stereocenters. The number of hydrogen-bond acceptors (Lipinski definition) is 5. The van der Waals surface area contributed by atoms with Crippen molar-refractivity contribution in [3.8, 4) is 0 Å². The standard InChI is InChI=1S/C12H21N3O5S/c1-20-12(19)13-8-3-5-15(7-8)11(18)14-9(10(16)17)4-6-21-2/h8-9H,3-7H2,1-2H3,(H,13,19)(H,14,18)(H,16,17)/t8?,9-/m0/s1. The highest BCUT2D eigenvalue weighted by Crippen LogP contribution is 2.10. The fourth-order valence-electron chi connectivity index (χ4n) is 2.02. The number of carboxylic acid groups (broad SMARTS) is 1. The molecule has 0 saturated carbocycles. The Kier molecular flexibility index (Phi) is 7.13. The maximum absolute atomic E-state index is 12.0. The van der Waals surface area contributed by atoms with Crippen molar-refractivity contribution in [1.29, 1.82) is 0 Å². The van der Waals surface area contributed by atoms with E-state index in [-0.39, 0.29) is 6.04 Å². The number of amides is 3. The van der Waals surface area contributed by atoms with Crippen molar-refractivity contribution in [2.45, 2.75) is 24.9 Å². The predicted octanol–water partition coefficient (Wildman–Crippen LogP) is 0.333. The van der Waals surface area contributed by atoms with E-state index in [0.717, 1.165) is 0 Å². The van der Waals surface area contributed by atoms with E-state index in [2.05, 4.69) is 15.4 Å². The Labute approximate surface area is 127 Å². The van der Waals surface area contributed by atoms with E-state index >= 15 is 0 Å². The molecule has 21 heavy (non-hydrogen) atoms. The van der Waals surface area contributed by atoms with Crippen LogP contribution < -0.4 is 10.6 Å². The molecule has 3 amide bonds. The van der Waals surface area contributed by atoms with Gasteiger partial charge in [-0.15, -0.1) is 0 Å². The minimum absolute atomic E-state index is 0.169. The van der Waals surface area contributed by atoms with Crippen LogP contribution in [0.2, 0.25) is 0 Å². The van der Waals surface area contributed by atoms with Gasteiger partial charge in [0.1, 0.15) is 6.04 Å². The van der Waals surface area contributed by atoms with Gasteiger partial charge in [-0.05, 0) is 24.9 Å². The molecular weight excluding hydrogens is 298 g/mol. The second-order valence-electron chi connectivity index (χ2n) is 4.69. The number of hydrogen-bond donors (Lipinski definition) is 3. The van der Waals surface area contributed by atoms with Crippen LogP contribution >= 0.6 is 11.8 Å². The molecule has 0 radical (unpaired) electrons. The zero-order chi connectivity index (χ0) is 15.8. The van der Waals surface area contributed by atoms with Gasteiger partial charge >= 0.3 is 18.1 Å². The summed E-state index contributed by atoms with van der Waals surface area (Å²) in [5.41, 5.74) is 0. The Hall–Kier alpha value is -1.64. The number of nitrogens with zero attached hydrogens (tertiary/aromatic N) is 1. The topological polar surface area (TPSA) is 108 Å². The maximum atomic E-state index is 12.0. The predicted molar refractivity (Wildman–Crippen MR) is 78.5 cm³/mol. The van der Waals surface area contributed by atoms with Gasteiger partial charge < -0.3 is 25.4 Å². The first-order valence-corrected chi connectivity index (χ1v) is 7.99. The van der Waals surface area contributed by atoms with E-state index in [0.29, 0.717) is 31.7 Å². The van der Waals surface area contributed by atoms with Crippen LogP contribution in [0, 0.1) is 0 Å². The van der Waals surface area contributed by atoms with Crippen LogP contribution in [0.1, 0.15) is 12.8 Å². The number of carbonyl (C=O) groups is 3. The third-order valence-electron chi connectivity index (χ3n) is 3.19. The number of carbonyl (C=O) groups excluding carboxylic acids is 2. The van der Waals surface area contributed by atoms with E-state index in [9.17, 15) is 14.4 Å². The fourth-order valence-corrected chi connectivity index (χ4v) is 2.49. The summed E-state index contributed by atoms with van der Waals surface area (Å²) >= 11 is 1.53. The van der Waals surface area contributed by atoms with Gasteiger partial charge in [0, 0.05) is 13.1 Å². The fraction of sp³-hybridized carbons (Fsp3) is 0.750. The van der Waals surface area contributed by atoms with Gasteiger partial charge in [-0.2, -0.15) is 11.8 Å². The van der Waals surface area contributed by atoms with Crippen molar-refractivity contribution in [2.24, 2.45) is 0 Å². The zero-order valence-electron chi connectivity index (χ0n) is 12.1. The summed E-state index contributed by atoms with van der Waals surface area (Å²) in [6, 6.07) is -1.48. The molecule has 0 aromatic carbocycles. The number of alkyl carbamates (subject to hydrolysis) is 1. The quantitative estimate of drug-likeness (QED) is 0.651. The SMILES string of the molecule is COC(=O)NC1CCN(C(=O)N[C@@H](CCSC)C(=O)O)C1. The van der Waals surface area contributed by atoms with Crippen LogP contribution in [-0.2, 0) is 9.53 Å². The molecule has 0 aromatic rings. The van der Waals surface area contributed by atoms with Gasteiger partial charge in [-0.3, -0.25) is 0 Å². The maximum Gasteiger partial charge on any atom is 0.407 e. The largest absolute Gasteiger partial charge is 0.480 e. The van der Waals surface area contributed by atoms with Crippen LogP contribution in [0.15, 0.2) is 0 Å². The van der Waals surface area contributed by atoms with E-state index < -0.39 is 24.1 Å². The number of likely N-dealkylation sites (tertiary alicyclic amines) is 1. The number of urea groups is 1. The lowest BCUT2D eigenvalue weighted by Crippen LogP contribution is -2.48. The minimum atomic E-state index is -1.04. The number of nitrogens with one attached hydrogen (secondary N) is 2.